The largest absolute Gasteiger partial charge is 0.399 e. The first-order chi connectivity index (χ1) is 7.83. The monoisotopic (exact) mass is 216 g/mol. The van der Waals surface area contributed by atoms with Crippen LogP contribution in [0.25, 0.3) is 0 Å². The Kier molecular flexibility index (Phi) is 5.41. The maximum absolute atomic E-state index is 5.55. The predicted octanol–water partition coefficient (Wildman–Crippen LogP) is 2.64. The van der Waals surface area contributed by atoms with Crippen LogP contribution in [0.1, 0.15) is 0 Å². The van der Waals surface area contributed by atoms with Gasteiger partial charge in [0.15, 0.2) is 0 Å². The van der Waals surface area contributed by atoms with Gasteiger partial charge in [-0.2, -0.15) is 10.2 Å². The van der Waals surface area contributed by atoms with Gasteiger partial charge in [0.2, 0.25) is 0 Å². The van der Waals surface area contributed by atoms with Crippen LogP contribution < -0.4 is 11.1 Å². The predicted molar refractivity (Wildman–Crippen MR) is 67.6 cm³/mol. The number of rotatable bonds is 5. The summed E-state index contributed by atoms with van der Waals surface area (Å²) in [4.78, 5) is 0. The van der Waals surface area contributed by atoms with Crippen LogP contribution in [-0.2, 0) is 0 Å². The van der Waals surface area contributed by atoms with E-state index >= 15 is 0 Å². The molecule has 0 amide bonds. The Bertz CT molecular complexity index is 377. The van der Waals surface area contributed by atoms with Crippen LogP contribution in [0, 0.1) is 0 Å². The molecule has 0 aromatic heterocycles. The summed E-state index contributed by atoms with van der Waals surface area (Å²) in [5.41, 5.74) is 7.10. The summed E-state index contributed by atoms with van der Waals surface area (Å²) in [5.74, 6) is 0. The molecule has 1 aromatic carbocycles. The molecule has 0 heterocycles. The lowest BCUT2D eigenvalue weighted by Crippen LogP contribution is -1.89. The number of nitrogens with two attached hydrogens (primary N) is 1. The Balaban J connectivity index is 2.34. The van der Waals surface area contributed by atoms with Gasteiger partial charge < -0.3 is 11.1 Å². The standard InChI is InChI=1S/C12H16N4/c1-14-9-3-2-4-10-15-16-12-7-5-11(13)6-8-12/h2-9,14H,10,13H2,1H3/b4-2-,9-3-,16-15?. The number of nitrogens with zero attached hydrogens (tertiary/aromatic N) is 2. The normalized spacial score (nSPS) is 11.8. The Hall–Kier alpha value is -2.10. The Morgan fingerprint density at radius 1 is 1.25 bits per heavy atom. The summed E-state index contributed by atoms with van der Waals surface area (Å²) in [5, 5.41) is 10.9. The Morgan fingerprint density at radius 2 is 2.00 bits per heavy atom. The molecule has 4 nitrogen and oxygen atoms in total. The number of anilines is 1. The zero-order chi connectivity index (χ0) is 11.6. The van der Waals surface area contributed by atoms with Crippen molar-refractivity contribution in [3.05, 3.63) is 48.7 Å². The summed E-state index contributed by atoms with van der Waals surface area (Å²) in [7, 11) is 1.85. The molecule has 0 spiro atoms. The second kappa shape index (κ2) is 7.23. The molecule has 84 valence electrons. The quantitative estimate of drug-likeness (QED) is 0.451. The van der Waals surface area contributed by atoms with Gasteiger partial charge in [-0.05, 0) is 36.5 Å². The highest BCUT2D eigenvalue weighted by Crippen LogP contribution is 2.13. The topological polar surface area (TPSA) is 62.8 Å². The van der Waals surface area contributed by atoms with Crippen molar-refractivity contribution in [3.63, 3.8) is 0 Å². The SMILES string of the molecule is CN/C=C\C=C/CN=Nc1ccc(N)cc1. The number of nitrogens with one attached hydrogen (secondary N) is 1. The number of hydrogen-bond donors (Lipinski definition) is 2. The van der Waals surface area contributed by atoms with E-state index in [4.69, 9.17) is 5.73 Å². The summed E-state index contributed by atoms with van der Waals surface area (Å²) in [6.45, 7) is 0.568. The fourth-order valence-corrected chi connectivity index (χ4v) is 1.00. The molecule has 0 saturated heterocycles. The average Bonchev–Trinajstić information content (AvgIpc) is 2.30. The van der Waals surface area contributed by atoms with Gasteiger partial charge >= 0.3 is 0 Å². The lowest BCUT2D eigenvalue weighted by molar-refractivity contribution is 1.07. The molecule has 1 aromatic rings. The molecular formula is C12H16N4. The lowest BCUT2D eigenvalue weighted by Gasteiger charge is -1.92. The highest BCUT2D eigenvalue weighted by Gasteiger charge is 1.86. The molecule has 0 aliphatic rings. The summed E-state index contributed by atoms with van der Waals surface area (Å²) in [6.07, 6.45) is 7.58. The van der Waals surface area contributed by atoms with Crippen molar-refractivity contribution in [3.8, 4) is 0 Å². The maximum Gasteiger partial charge on any atom is 0.0854 e. The molecule has 16 heavy (non-hydrogen) atoms. The highest BCUT2D eigenvalue weighted by molar-refractivity contribution is 5.47. The molecule has 0 atom stereocenters. The van der Waals surface area contributed by atoms with Crippen molar-refractivity contribution in [2.45, 2.75) is 0 Å². The average molecular weight is 216 g/mol. The first-order valence-electron chi connectivity index (χ1n) is 5.05. The van der Waals surface area contributed by atoms with Crippen LogP contribution >= 0.6 is 0 Å². The van der Waals surface area contributed by atoms with Crippen molar-refractivity contribution in [2.75, 3.05) is 19.3 Å². The van der Waals surface area contributed by atoms with E-state index in [0.717, 1.165) is 11.4 Å². The highest BCUT2D eigenvalue weighted by atomic mass is 15.1. The van der Waals surface area contributed by atoms with Gasteiger partial charge in [-0.1, -0.05) is 12.2 Å². The number of azo groups is 1. The van der Waals surface area contributed by atoms with Crippen molar-refractivity contribution < 1.29 is 0 Å². The van der Waals surface area contributed by atoms with E-state index in [1.165, 1.54) is 0 Å². The van der Waals surface area contributed by atoms with Crippen molar-refractivity contribution in [1.82, 2.24) is 5.32 Å². The Labute approximate surface area is 95.6 Å². The fourth-order valence-electron chi connectivity index (χ4n) is 1.00. The van der Waals surface area contributed by atoms with E-state index in [9.17, 15) is 0 Å². The molecule has 4 heteroatoms. The van der Waals surface area contributed by atoms with Gasteiger partial charge in [-0.15, -0.1) is 0 Å². The third-order valence-corrected chi connectivity index (χ3v) is 1.78. The minimum absolute atomic E-state index is 0.568. The van der Waals surface area contributed by atoms with Crippen molar-refractivity contribution >= 4 is 11.4 Å². The second-order valence-electron chi connectivity index (χ2n) is 3.09. The van der Waals surface area contributed by atoms with E-state index < -0.39 is 0 Å². The minimum atomic E-state index is 0.568. The maximum atomic E-state index is 5.55. The van der Waals surface area contributed by atoms with Gasteiger partial charge in [-0.25, -0.2) is 0 Å². The van der Waals surface area contributed by atoms with E-state index in [2.05, 4.69) is 15.5 Å². The first-order valence-corrected chi connectivity index (χ1v) is 5.05. The van der Waals surface area contributed by atoms with Gasteiger partial charge in [0, 0.05) is 12.7 Å². The zero-order valence-electron chi connectivity index (χ0n) is 9.30. The van der Waals surface area contributed by atoms with E-state index in [1.807, 2.05) is 43.6 Å². The van der Waals surface area contributed by atoms with E-state index in [-0.39, 0.29) is 0 Å². The number of hydrogen-bond acceptors (Lipinski definition) is 4. The van der Waals surface area contributed by atoms with Crippen LogP contribution in [0.3, 0.4) is 0 Å². The Morgan fingerprint density at radius 3 is 2.69 bits per heavy atom. The van der Waals surface area contributed by atoms with Crippen molar-refractivity contribution in [2.24, 2.45) is 10.2 Å². The summed E-state index contributed by atoms with van der Waals surface area (Å²) in [6, 6.07) is 7.28. The number of nitrogen functional groups attached to an aromatic ring is 1. The van der Waals surface area contributed by atoms with Gasteiger partial charge in [0.25, 0.3) is 0 Å². The zero-order valence-corrected chi connectivity index (χ0v) is 9.30. The van der Waals surface area contributed by atoms with Crippen LogP contribution in [0.4, 0.5) is 11.4 Å². The molecular weight excluding hydrogens is 200 g/mol. The van der Waals surface area contributed by atoms with E-state index in [1.54, 1.807) is 12.1 Å². The van der Waals surface area contributed by atoms with Gasteiger partial charge in [0.05, 0.1) is 12.2 Å². The van der Waals surface area contributed by atoms with Crippen molar-refractivity contribution in [1.29, 1.82) is 0 Å². The van der Waals surface area contributed by atoms with Crippen LogP contribution in [0.5, 0.6) is 0 Å². The fraction of sp³-hybridized carbons (Fsp3) is 0.167. The van der Waals surface area contributed by atoms with E-state index in [0.29, 0.717) is 6.54 Å². The molecule has 0 bridgehead atoms. The molecule has 3 N–H and O–H groups in total. The van der Waals surface area contributed by atoms with Gasteiger partial charge in [0.1, 0.15) is 0 Å². The molecule has 1 rings (SSSR count). The van der Waals surface area contributed by atoms with Gasteiger partial charge in [-0.3, -0.25) is 0 Å². The third kappa shape index (κ3) is 4.95. The molecule has 0 aliphatic carbocycles. The molecule has 0 unspecified atom stereocenters. The molecule has 0 radical (unpaired) electrons. The lowest BCUT2D eigenvalue weighted by atomic mass is 10.3. The number of benzene rings is 1. The molecule has 0 aliphatic heterocycles. The summed E-state index contributed by atoms with van der Waals surface area (Å²) < 4.78 is 0. The second-order valence-corrected chi connectivity index (χ2v) is 3.09. The summed E-state index contributed by atoms with van der Waals surface area (Å²) >= 11 is 0. The molecule has 0 fully saturated rings. The molecule has 0 saturated carbocycles. The smallest absolute Gasteiger partial charge is 0.0854 e. The van der Waals surface area contributed by atoms with Crippen LogP contribution in [-0.4, -0.2) is 13.6 Å². The third-order valence-electron chi connectivity index (χ3n) is 1.78. The van der Waals surface area contributed by atoms with Crippen LogP contribution in [0.2, 0.25) is 0 Å². The van der Waals surface area contributed by atoms with Crippen LogP contribution in [0.15, 0.2) is 58.9 Å². The first kappa shape index (κ1) is 12.0. The number of allylic oxidation sites excluding steroid dienone is 2. The minimum Gasteiger partial charge on any atom is -0.399 e.